The molecule has 96 valence electrons. The summed E-state index contributed by atoms with van der Waals surface area (Å²) >= 11 is 0. The van der Waals surface area contributed by atoms with Gasteiger partial charge in [0.1, 0.15) is 0 Å². The molecule has 2 aromatic rings. The van der Waals surface area contributed by atoms with E-state index in [0.717, 1.165) is 35.1 Å². The molecule has 0 amide bonds. The van der Waals surface area contributed by atoms with E-state index >= 15 is 0 Å². The summed E-state index contributed by atoms with van der Waals surface area (Å²) in [5.41, 5.74) is 7.21. The number of fused-ring (bicyclic) bond motifs is 1. The molecule has 0 fully saturated rings. The summed E-state index contributed by atoms with van der Waals surface area (Å²) in [6.45, 7) is 6.56. The van der Waals surface area contributed by atoms with Gasteiger partial charge in [-0.3, -0.25) is 10.8 Å². The Kier molecular flexibility index (Phi) is 3.82. The number of aryl methyl sites for hydroxylation is 1. The van der Waals surface area contributed by atoms with Crippen LogP contribution in [0.1, 0.15) is 32.0 Å². The standard InChI is InChI=1S/C15H21N3/c1-4-11-6-5-7-13-14(18-16)9-12(8-10(2)3)17-15(11)13/h5-7,9-10H,4,8,16H2,1-3H3,(H,17,18). The number of nitrogens with two attached hydrogens (primary N) is 1. The van der Waals surface area contributed by atoms with Gasteiger partial charge in [-0.05, 0) is 30.4 Å². The Morgan fingerprint density at radius 1 is 1.33 bits per heavy atom. The molecule has 0 saturated carbocycles. The van der Waals surface area contributed by atoms with Gasteiger partial charge in [0.15, 0.2) is 0 Å². The van der Waals surface area contributed by atoms with E-state index in [4.69, 9.17) is 10.8 Å². The van der Waals surface area contributed by atoms with Crippen LogP contribution in [-0.2, 0) is 12.8 Å². The number of hydrazine groups is 1. The van der Waals surface area contributed by atoms with E-state index in [9.17, 15) is 0 Å². The van der Waals surface area contributed by atoms with Crippen molar-refractivity contribution in [1.82, 2.24) is 4.98 Å². The molecule has 1 aromatic carbocycles. The Hall–Kier alpha value is -1.61. The molecule has 0 spiro atoms. The molecule has 3 nitrogen and oxygen atoms in total. The first-order chi connectivity index (χ1) is 8.65. The molecule has 1 heterocycles. The van der Waals surface area contributed by atoms with Gasteiger partial charge in [-0.2, -0.15) is 0 Å². The zero-order valence-corrected chi connectivity index (χ0v) is 11.3. The Morgan fingerprint density at radius 2 is 2.11 bits per heavy atom. The van der Waals surface area contributed by atoms with E-state index in [1.807, 2.05) is 0 Å². The van der Waals surface area contributed by atoms with Gasteiger partial charge < -0.3 is 5.43 Å². The summed E-state index contributed by atoms with van der Waals surface area (Å²) in [5.74, 6) is 6.22. The maximum absolute atomic E-state index is 5.63. The van der Waals surface area contributed by atoms with Crippen LogP contribution >= 0.6 is 0 Å². The Balaban J connectivity index is 2.64. The molecule has 0 unspecified atom stereocenters. The number of hydrogen-bond donors (Lipinski definition) is 2. The van der Waals surface area contributed by atoms with Crippen LogP contribution in [-0.4, -0.2) is 4.98 Å². The average Bonchev–Trinajstić information content (AvgIpc) is 2.36. The van der Waals surface area contributed by atoms with E-state index in [-0.39, 0.29) is 0 Å². The lowest BCUT2D eigenvalue weighted by Crippen LogP contribution is -2.09. The fourth-order valence-corrected chi connectivity index (χ4v) is 2.29. The van der Waals surface area contributed by atoms with Crippen LogP contribution in [0.5, 0.6) is 0 Å². The molecular weight excluding hydrogens is 222 g/mol. The summed E-state index contributed by atoms with van der Waals surface area (Å²) in [6.07, 6.45) is 1.96. The van der Waals surface area contributed by atoms with Crippen molar-refractivity contribution in [2.24, 2.45) is 11.8 Å². The van der Waals surface area contributed by atoms with E-state index in [0.29, 0.717) is 5.92 Å². The van der Waals surface area contributed by atoms with Crippen molar-refractivity contribution in [1.29, 1.82) is 0 Å². The summed E-state index contributed by atoms with van der Waals surface area (Å²) in [4.78, 5) is 4.80. The molecule has 0 radical (unpaired) electrons. The predicted octanol–water partition coefficient (Wildman–Crippen LogP) is 3.28. The summed E-state index contributed by atoms with van der Waals surface area (Å²) in [6, 6.07) is 8.32. The molecule has 0 atom stereocenters. The highest BCUT2D eigenvalue weighted by atomic mass is 15.2. The average molecular weight is 243 g/mol. The minimum absolute atomic E-state index is 0.592. The van der Waals surface area contributed by atoms with Crippen LogP contribution in [0, 0.1) is 5.92 Å². The number of para-hydroxylation sites is 1. The molecule has 2 rings (SSSR count). The van der Waals surface area contributed by atoms with Crippen LogP contribution in [0.2, 0.25) is 0 Å². The summed E-state index contributed by atoms with van der Waals surface area (Å²) < 4.78 is 0. The molecule has 1 aromatic heterocycles. The van der Waals surface area contributed by atoms with E-state index in [2.05, 4.69) is 50.5 Å². The Labute approximate surface area is 108 Å². The topological polar surface area (TPSA) is 50.9 Å². The van der Waals surface area contributed by atoms with Gasteiger partial charge in [0, 0.05) is 11.1 Å². The highest BCUT2D eigenvalue weighted by Crippen LogP contribution is 2.26. The molecule has 0 aliphatic heterocycles. The van der Waals surface area contributed by atoms with E-state index < -0.39 is 0 Å². The second kappa shape index (κ2) is 5.36. The molecule has 0 bridgehead atoms. The van der Waals surface area contributed by atoms with Crippen LogP contribution < -0.4 is 11.3 Å². The summed E-state index contributed by atoms with van der Waals surface area (Å²) in [5, 5.41) is 1.10. The lowest BCUT2D eigenvalue weighted by Gasteiger charge is -2.12. The highest BCUT2D eigenvalue weighted by Gasteiger charge is 2.09. The normalized spacial score (nSPS) is 11.2. The van der Waals surface area contributed by atoms with Crippen LogP contribution in [0.15, 0.2) is 24.3 Å². The van der Waals surface area contributed by atoms with E-state index in [1.165, 1.54) is 5.56 Å². The van der Waals surface area contributed by atoms with Crippen molar-refractivity contribution < 1.29 is 0 Å². The van der Waals surface area contributed by atoms with Crippen molar-refractivity contribution in [2.75, 3.05) is 5.43 Å². The highest BCUT2D eigenvalue weighted by molar-refractivity contribution is 5.93. The molecule has 18 heavy (non-hydrogen) atoms. The van der Waals surface area contributed by atoms with Gasteiger partial charge in [-0.25, -0.2) is 0 Å². The third kappa shape index (κ3) is 2.46. The van der Waals surface area contributed by atoms with Crippen molar-refractivity contribution in [3.05, 3.63) is 35.5 Å². The van der Waals surface area contributed by atoms with Crippen LogP contribution in [0.4, 0.5) is 5.69 Å². The third-order valence-electron chi connectivity index (χ3n) is 3.13. The number of aromatic nitrogens is 1. The minimum atomic E-state index is 0.592. The number of nitrogen functional groups attached to an aromatic ring is 1. The monoisotopic (exact) mass is 243 g/mol. The minimum Gasteiger partial charge on any atom is -0.323 e. The molecule has 0 aliphatic rings. The molecule has 0 saturated heterocycles. The second-order valence-corrected chi connectivity index (χ2v) is 5.07. The third-order valence-corrected chi connectivity index (χ3v) is 3.13. The van der Waals surface area contributed by atoms with Crippen molar-refractivity contribution >= 4 is 16.6 Å². The smallest absolute Gasteiger partial charge is 0.0758 e. The van der Waals surface area contributed by atoms with Gasteiger partial charge >= 0.3 is 0 Å². The number of nitrogens with zero attached hydrogens (tertiary/aromatic N) is 1. The van der Waals surface area contributed by atoms with Gasteiger partial charge in [0.05, 0.1) is 11.2 Å². The number of anilines is 1. The molecule has 0 aliphatic carbocycles. The quantitative estimate of drug-likeness (QED) is 0.640. The van der Waals surface area contributed by atoms with Gasteiger partial charge in [-0.1, -0.05) is 39.0 Å². The van der Waals surface area contributed by atoms with Crippen molar-refractivity contribution in [2.45, 2.75) is 33.6 Å². The number of rotatable bonds is 4. The largest absolute Gasteiger partial charge is 0.323 e. The number of nitrogens with one attached hydrogen (secondary N) is 1. The Morgan fingerprint density at radius 3 is 2.72 bits per heavy atom. The predicted molar refractivity (Wildman–Crippen MR) is 77.5 cm³/mol. The van der Waals surface area contributed by atoms with Gasteiger partial charge in [0.25, 0.3) is 0 Å². The summed E-state index contributed by atoms with van der Waals surface area (Å²) in [7, 11) is 0. The van der Waals surface area contributed by atoms with Crippen LogP contribution in [0.25, 0.3) is 10.9 Å². The lowest BCUT2D eigenvalue weighted by molar-refractivity contribution is 0.637. The Bertz CT molecular complexity index is 547. The first-order valence-corrected chi connectivity index (χ1v) is 6.53. The fourth-order valence-electron chi connectivity index (χ4n) is 2.29. The van der Waals surface area contributed by atoms with Gasteiger partial charge in [-0.15, -0.1) is 0 Å². The van der Waals surface area contributed by atoms with E-state index in [1.54, 1.807) is 0 Å². The van der Waals surface area contributed by atoms with Gasteiger partial charge in [0.2, 0.25) is 0 Å². The first kappa shape index (κ1) is 12.8. The SMILES string of the molecule is CCc1cccc2c(NN)cc(CC(C)C)nc12. The fraction of sp³-hybridized carbons (Fsp3) is 0.400. The van der Waals surface area contributed by atoms with Crippen molar-refractivity contribution in [3.63, 3.8) is 0 Å². The number of pyridine rings is 1. The molecule has 3 N–H and O–H groups in total. The lowest BCUT2D eigenvalue weighted by atomic mass is 10.0. The first-order valence-electron chi connectivity index (χ1n) is 6.53. The van der Waals surface area contributed by atoms with Crippen LogP contribution in [0.3, 0.4) is 0 Å². The zero-order chi connectivity index (χ0) is 13.1. The number of benzene rings is 1. The molecule has 3 heteroatoms. The molecular formula is C15H21N3. The maximum Gasteiger partial charge on any atom is 0.0758 e. The number of hydrogen-bond acceptors (Lipinski definition) is 3. The maximum atomic E-state index is 5.63. The second-order valence-electron chi connectivity index (χ2n) is 5.07. The zero-order valence-electron chi connectivity index (χ0n) is 11.3. The van der Waals surface area contributed by atoms with Crippen molar-refractivity contribution in [3.8, 4) is 0 Å².